The summed E-state index contributed by atoms with van der Waals surface area (Å²) >= 11 is 0. The predicted molar refractivity (Wildman–Crippen MR) is 166 cm³/mol. The second kappa shape index (κ2) is 13.1. The number of aliphatic imine (C=N–C) groups is 2. The van der Waals surface area contributed by atoms with Crippen molar-refractivity contribution in [1.82, 2.24) is 9.47 Å². The maximum Gasteiger partial charge on any atom is 0.258 e. The van der Waals surface area contributed by atoms with E-state index >= 15 is 0 Å². The van der Waals surface area contributed by atoms with Crippen molar-refractivity contribution in [1.29, 1.82) is 0 Å². The van der Waals surface area contributed by atoms with Crippen molar-refractivity contribution in [2.45, 2.75) is 46.1 Å². The Labute approximate surface area is 235 Å². The molecule has 4 rings (SSSR count). The molecular weight excluding hydrogens is 500 g/mol. The van der Waals surface area contributed by atoms with Gasteiger partial charge in [0.15, 0.2) is 0 Å². The average molecular weight is 539 g/mol. The van der Waals surface area contributed by atoms with E-state index in [9.17, 15) is 9.59 Å². The number of hydrogen-bond acceptors (Lipinski definition) is 6. The molecule has 2 heterocycles. The van der Waals surface area contributed by atoms with Gasteiger partial charge < -0.3 is 20.9 Å². The Balaban J connectivity index is 1.62. The summed E-state index contributed by atoms with van der Waals surface area (Å²) in [5.41, 5.74) is 17.1. The Morgan fingerprint density at radius 1 is 1.10 bits per heavy atom. The summed E-state index contributed by atoms with van der Waals surface area (Å²) in [5.74, 6) is 0.437. The van der Waals surface area contributed by atoms with Crippen LogP contribution < -0.4 is 17.0 Å². The number of hydrogen-bond donors (Lipinski definition) is 2. The molecule has 0 aliphatic carbocycles. The lowest BCUT2D eigenvalue weighted by atomic mass is 9.99. The van der Waals surface area contributed by atoms with Gasteiger partial charge in [-0.25, -0.2) is 4.99 Å². The second-order valence-electron chi connectivity index (χ2n) is 10.0. The first-order valence-electron chi connectivity index (χ1n) is 13.8. The molecule has 0 unspecified atom stereocenters. The Bertz CT molecular complexity index is 1570. The highest BCUT2D eigenvalue weighted by Crippen LogP contribution is 2.33. The summed E-state index contributed by atoms with van der Waals surface area (Å²) in [6, 6.07) is 13.8. The van der Waals surface area contributed by atoms with Gasteiger partial charge in [-0.2, -0.15) is 0 Å². The van der Waals surface area contributed by atoms with Crippen molar-refractivity contribution in [3.63, 3.8) is 0 Å². The molecular formula is C32H38N6O2. The van der Waals surface area contributed by atoms with Gasteiger partial charge in [0.2, 0.25) is 5.91 Å². The summed E-state index contributed by atoms with van der Waals surface area (Å²) in [7, 11) is 1.69. The number of fused-ring (bicyclic) bond motifs is 2. The molecule has 1 amide bonds. The van der Waals surface area contributed by atoms with E-state index in [-0.39, 0.29) is 11.5 Å². The fourth-order valence-corrected chi connectivity index (χ4v) is 4.91. The van der Waals surface area contributed by atoms with Gasteiger partial charge in [0.05, 0.1) is 5.69 Å². The normalized spacial score (nSPS) is 13.6. The van der Waals surface area contributed by atoms with Crippen LogP contribution in [0.25, 0.3) is 28.0 Å². The summed E-state index contributed by atoms with van der Waals surface area (Å²) in [5, 5.41) is 1.51. The smallest absolute Gasteiger partial charge is 0.258 e. The molecule has 0 saturated heterocycles. The van der Waals surface area contributed by atoms with Gasteiger partial charge in [0.25, 0.3) is 5.56 Å². The molecule has 0 spiro atoms. The van der Waals surface area contributed by atoms with Crippen LogP contribution in [-0.4, -0.2) is 47.6 Å². The highest BCUT2D eigenvalue weighted by Gasteiger charge is 2.21. The van der Waals surface area contributed by atoms with Crippen LogP contribution in [0.1, 0.15) is 45.1 Å². The summed E-state index contributed by atoms with van der Waals surface area (Å²) < 4.78 is 1.68. The monoisotopic (exact) mass is 538 g/mol. The maximum absolute atomic E-state index is 13.3. The number of carbonyl (C=O) groups excluding carboxylic acids is 1. The van der Waals surface area contributed by atoms with Gasteiger partial charge in [0, 0.05) is 74.2 Å². The molecule has 8 heteroatoms. The summed E-state index contributed by atoms with van der Waals surface area (Å²) in [6.45, 7) is 6.09. The van der Waals surface area contributed by atoms with Gasteiger partial charge in [-0.3, -0.25) is 14.6 Å². The fraction of sp³-hybridized carbons (Fsp3) is 0.312. The van der Waals surface area contributed by atoms with Gasteiger partial charge >= 0.3 is 0 Å². The number of pyridine rings is 1. The van der Waals surface area contributed by atoms with E-state index in [0.29, 0.717) is 41.9 Å². The number of amidine groups is 1. The molecule has 8 nitrogen and oxygen atoms in total. The molecule has 0 radical (unpaired) electrons. The van der Waals surface area contributed by atoms with E-state index in [0.717, 1.165) is 53.7 Å². The number of rotatable bonds is 10. The van der Waals surface area contributed by atoms with Crippen molar-refractivity contribution in [3.05, 3.63) is 81.9 Å². The van der Waals surface area contributed by atoms with Crippen LogP contribution in [0.15, 0.2) is 80.8 Å². The topological polar surface area (TPSA) is 119 Å². The van der Waals surface area contributed by atoms with Crippen LogP contribution in [-0.2, 0) is 11.3 Å². The lowest BCUT2D eigenvalue weighted by Crippen LogP contribution is -2.34. The minimum Gasteiger partial charge on any atom is -0.402 e. The van der Waals surface area contributed by atoms with Crippen LogP contribution >= 0.6 is 0 Å². The predicted octanol–water partition coefficient (Wildman–Crippen LogP) is 5.03. The fourth-order valence-electron chi connectivity index (χ4n) is 4.91. The number of aromatic nitrogens is 1. The molecule has 4 N–H and O–H groups in total. The number of carbonyl (C=O) groups is 1. The highest BCUT2D eigenvalue weighted by molar-refractivity contribution is 6.05. The van der Waals surface area contributed by atoms with Crippen molar-refractivity contribution < 1.29 is 4.79 Å². The minimum absolute atomic E-state index is 0.0208. The van der Waals surface area contributed by atoms with Gasteiger partial charge in [0.1, 0.15) is 5.84 Å². The Hall–Kier alpha value is -4.46. The molecule has 40 heavy (non-hydrogen) atoms. The Kier molecular flexibility index (Phi) is 9.32. The molecule has 0 bridgehead atoms. The first kappa shape index (κ1) is 28.5. The molecule has 1 aromatic heterocycles. The standard InChI is InChI=1S/C32H38N6O2/c1-4-14-37(15-5-2)31(39)26-19-25-7-6-23(20-29(25)36-30(34)21-26)22-8-9-28-24(18-22)11-16-38(32(28)40)17-12-27(33)10-13-35-3/h6-11,13,16,18-20H,4-5,12,14-15,17,21,33H2,1-3H3,(H2,34,36). The zero-order valence-electron chi connectivity index (χ0n) is 23.6. The third kappa shape index (κ3) is 6.57. The van der Waals surface area contributed by atoms with Gasteiger partial charge in [-0.1, -0.05) is 32.0 Å². The second-order valence-corrected chi connectivity index (χ2v) is 10.0. The van der Waals surface area contributed by atoms with Crippen molar-refractivity contribution in [2.24, 2.45) is 21.5 Å². The molecule has 1 aliphatic heterocycles. The number of amides is 1. The zero-order chi connectivity index (χ0) is 28.6. The number of aryl methyl sites for hydroxylation is 1. The van der Waals surface area contributed by atoms with Crippen molar-refractivity contribution in [2.75, 3.05) is 20.1 Å². The number of allylic oxidation sites excluding steroid dienone is 2. The zero-order valence-corrected chi connectivity index (χ0v) is 23.6. The van der Waals surface area contributed by atoms with Crippen LogP contribution in [0, 0.1) is 0 Å². The molecule has 0 atom stereocenters. The van der Waals surface area contributed by atoms with Crippen LogP contribution in [0.4, 0.5) is 5.69 Å². The van der Waals surface area contributed by atoms with Gasteiger partial charge in [-0.05, 0) is 65.8 Å². The van der Waals surface area contributed by atoms with E-state index in [1.807, 2.05) is 53.4 Å². The van der Waals surface area contributed by atoms with E-state index in [2.05, 4.69) is 23.8 Å². The molecule has 0 fully saturated rings. The van der Waals surface area contributed by atoms with Crippen molar-refractivity contribution in [3.8, 4) is 11.1 Å². The number of benzene rings is 2. The van der Waals surface area contributed by atoms with E-state index in [4.69, 9.17) is 11.5 Å². The molecule has 208 valence electrons. The lowest BCUT2D eigenvalue weighted by Gasteiger charge is -2.22. The summed E-state index contributed by atoms with van der Waals surface area (Å²) in [6.07, 6.45) is 9.81. The molecule has 2 aromatic carbocycles. The minimum atomic E-state index is -0.0529. The SMILES string of the molecule is CCCN(CCC)C(=O)C1=Cc2ccc(-c3ccc4c(=O)n(CCC(N)=CC=NC)ccc4c3)cc2N=C(N)C1. The van der Waals surface area contributed by atoms with Crippen LogP contribution in [0.5, 0.6) is 0 Å². The highest BCUT2D eigenvalue weighted by atomic mass is 16.2. The molecule has 1 aliphatic rings. The average Bonchev–Trinajstić information content (AvgIpc) is 3.12. The molecule has 0 saturated carbocycles. The van der Waals surface area contributed by atoms with Crippen LogP contribution in [0.3, 0.4) is 0 Å². The van der Waals surface area contributed by atoms with E-state index < -0.39 is 0 Å². The Morgan fingerprint density at radius 2 is 1.82 bits per heavy atom. The Morgan fingerprint density at radius 3 is 2.55 bits per heavy atom. The third-order valence-electron chi connectivity index (χ3n) is 6.93. The van der Waals surface area contributed by atoms with Crippen LogP contribution in [0.2, 0.25) is 0 Å². The number of nitrogens with zero attached hydrogens (tertiary/aromatic N) is 4. The first-order valence-corrected chi connectivity index (χ1v) is 13.8. The largest absolute Gasteiger partial charge is 0.402 e. The first-order chi connectivity index (χ1) is 19.3. The van der Waals surface area contributed by atoms with Crippen molar-refractivity contribution >= 4 is 40.5 Å². The maximum atomic E-state index is 13.3. The quantitative estimate of drug-likeness (QED) is 0.352. The van der Waals surface area contributed by atoms with E-state index in [1.165, 1.54) is 0 Å². The molecule has 3 aromatic rings. The number of nitrogens with two attached hydrogens (primary N) is 2. The lowest BCUT2D eigenvalue weighted by molar-refractivity contribution is -0.127. The van der Waals surface area contributed by atoms with Gasteiger partial charge in [-0.15, -0.1) is 0 Å². The third-order valence-corrected chi connectivity index (χ3v) is 6.93. The van der Waals surface area contributed by atoms with E-state index in [1.54, 1.807) is 30.1 Å². The summed E-state index contributed by atoms with van der Waals surface area (Å²) in [4.78, 5) is 36.8.